The van der Waals surface area contributed by atoms with Gasteiger partial charge in [0, 0.05) is 18.0 Å². The highest BCUT2D eigenvalue weighted by Crippen LogP contribution is 2.27. The van der Waals surface area contributed by atoms with Gasteiger partial charge in [-0.25, -0.2) is 18.9 Å². The van der Waals surface area contributed by atoms with Gasteiger partial charge in [-0.1, -0.05) is 0 Å². The molecule has 0 radical (unpaired) electrons. The third kappa shape index (κ3) is 2.93. The van der Waals surface area contributed by atoms with E-state index in [1.165, 1.54) is 16.2 Å². The van der Waals surface area contributed by atoms with Gasteiger partial charge in [-0.2, -0.15) is 5.10 Å². The number of H-pyrrole nitrogens is 1. The number of nitrogens with one attached hydrogen (secondary N) is 1. The number of rotatable bonds is 3. The van der Waals surface area contributed by atoms with E-state index in [0.29, 0.717) is 5.56 Å². The van der Waals surface area contributed by atoms with E-state index >= 15 is 0 Å². The van der Waals surface area contributed by atoms with Gasteiger partial charge in [-0.05, 0) is 37.3 Å². The van der Waals surface area contributed by atoms with Crippen molar-refractivity contribution in [2.24, 2.45) is 0 Å². The Bertz CT molecular complexity index is 1280. The summed E-state index contributed by atoms with van der Waals surface area (Å²) < 4.78 is 28.2. The molecule has 2 aromatic heterocycles. The van der Waals surface area contributed by atoms with Crippen molar-refractivity contribution < 1.29 is 13.6 Å². The number of nitrogens with zero attached hydrogens (tertiary/aromatic N) is 3. The number of benzene rings is 2. The van der Waals surface area contributed by atoms with Gasteiger partial charge in [-0.15, -0.1) is 11.3 Å². The summed E-state index contributed by atoms with van der Waals surface area (Å²) in [6.45, 7) is 1.70. The normalized spacial score (nSPS) is 12.4. The fourth-order valence-electron chi connectivity index (χ4n) is 3.05. The first-order valence-corrected chi connectivity index (χ1v) is 9.22. The average Bonchev–Trinajstić information content (AvgIpc) is 3.16. The van der Waals surface area contributed by atoms with Crippen LogP contribution < -0.4 is 5.56 Å². The van der Waals surface area contributed by atoms with Gasteiger partial charge in [0.05, 0.1) is 32.8 Å². The Morgan fingerprint density at radius 1 is 1.18 bits per heavy atom. The fraction of sp³-hybridized carbons (Fsp3) is 0.158. The highest BCUT2D eigenvalue weighted by Gasteiger charge is 2.24. The van der Waals surface area contributed by atoms with Crippen molar-refractivity contribution in [2.75, 3.05) is 7.05 Å². The van der Waals surface area contributed by atoms with E-state index in [0.717, 1.165) is 22.3 Å². The first kappa shape index (κ1) is 18.2. The van der Waals surface area contributed by atoms with Crippen molar-refractivity contribution in [1.29, 1.82) is 0 Å². The summed E-state index contributed by atoms with van der Waals surface area (Å²) in [5, 5.41) is 6.41. The molecular weight excluding hydrogens is 386 g/mol. The molecule has 0 spiro atoms. The van der Waals surface area contributed by atoms with Gasteiger partial charge < -0.3 is 4.90 Å². The molecule has 0 bridgehead atoms. The zero-order chi connectivity index (χ0) is 20.0. The summed E-state index contributed by atoms with van der Waals surface area (Å²) >= 11 is 1.43. The van der Waals surface area contributed by atoms with Crippen LogP contribution in [-0.2, 0) is 0 Å². The summed E-state index contributed by atoms with van der Waals surface area (Å²) in [4.78, 5) is 30.5. The van der Waals surface area contributed by atoms with Crippen LogP contribution in [0.5, 0.6) is 0 Å². The van der Waals surface area contributed by atoms with Gasteiger partial charge in [0.25, 0.3) is 11.5 Å². The van der Waals surface area contributed by atoms with Crippen molar-refractivity contribution in [3.05, 3.63) is 69.1 Å². The second-order valence-corrected chi connectivity index (χ2v) is 7.26. The summed E-state index contributed by atoms with van der Waals surface area (Å²) in [7, 11) is 1.59. The van der Waals surface area contributed by atoms with Crippen LogP contribution in [0.1, 0.15) is 29.0 Å². The number of amides is 1. The number of carbonyl (C=O) groups is 1. The van der Waals surface area contributed by atoms with Crippen LogP contribution in [0.3, 0.4) is 0 Å². The lowest BCUT2D eigenvalue weighted by atomic mass is 10.0. The molecular formula is C19H14F2N4O2S. The zero-order valence-electron chi connectivity index (χ0n) is 14.9. The molecule has 0 unspecified atom stereocenters. The van der Waals surface area contributed by atoms with Crippen LogP contribution in [0.15, 0.2) is 40.6 Å². The Kier molecular flexibility index (Phi) is 4.38. The maximum Gasteiger partial charge on any atom is 0.272 e. The molecule has 0 aliphatic heterocycles. The second-order valence-electron chi connectivity index (χ2n) is 6.38. The standard InChI is InChI=1S/C19H14F2N4O2S/c1-9(17-11-6-13(20)14(21)7-12(11)18(26)24-23-17)25(2)19(27)10-3-4-15-16(5-10)28-8-22-15/h3-9H,1-2H3,(H,24,26)/t9-/m1/s1. The van der Waals surface area contributed by atoms with Gasteiger partial charge >= 0.3 is 0 Å². The lowest BCUT2D eigenvalue weighted by Gasteiger charge is -2.25. The largest absolute Gasteiger partial charge is 0.333 e. The molecule has 1 atom stereocenters. The molecule has 0 saturated carbocycles. The van der Waals surface area contributed by atoms with Crippen LogP contribution in [0, 0.1) is 11.6 Å². The number of fused-ring (bicyclic) bond motifs is 2. The number of hydrogen-bond acceptors (Lipinski definition) is 5. The lowest BCUT2D eigenvalue weighted by molar-refractivity contribution is 0.0740. The van der Waals surface area contributed by atoms with Gasteiger partial charge in [0.15, 0.2) is 11.6 Å². The van der Waals surface area contributed by atoms with Crippen molar-refractivity contribution in [2.45, 2.75) is 13.0 Å². The molecule has 28 heavy (non-hydrogen) atoms. The molecule has 0 saturated heterocycles. The van der Waals surface area contributed by atoms with Crippen LogP contribution in [0.25, 0.3) is 21.0 Å². The molecule has 2 heterocycles. The minimum atomic E-state index is -1.12. The van der Waals surface area contributed by atoms with E-state index < -0.39 is 23.2 Å². The predicted octanol–water partition coefficient (Wildman–Crippen LogP) is 3.64. The topological polar surface area (TPSA) is 79.0 Å². The number of thiazole rings is 1. The number of carbonyl (C=O) groups excluding carboxylic acids is 1. The number of hydrogen-bond donors (Lipinski definition) is 1. The number of aromatic amines is 1. The summed E-state index contributed by atoms with van der Waals surface area (Å²) in [5.41, 5.74) is 2.62. The number of halogens is 2. The van der Waals surface area contributed by atoms with E-state index in [2.05, 4.69) is 15.2 Å². The second kappa shape index (κ2) is 6.75. The van der Waals surface area contributed by atoms with Crippen LogP contribution in [0.2, 0.25) is 0 Å². The first-order valence-electron chi connectivity index (χ1n) is 8.34. The summed E-state index contributed by atoms with van der Waals surface area (Å²) in [6, 6.07) is 6.37. The average molecular weight is 400 g/mol. The van der Waals surface area contributed by atoms with E-state index in [1.807, 2.05) is 0 Å². The predicted molar refractivity (Wildman–Crippen MR) is 102 cm³/mol. The smallest absolute Gasteiger partial charge is 0.272 e. The third-order valence-electron chi connectivity index (χ3n) is 4.73. The van der Waals surface area contributed by atoms with Crippen molar-refractivity contribution in [3.63, 3.8) is 0 Å². The molecule has 0 aliphatic rings. The first-order chi connectivity index (χ1) is 13.4. The summed E-state index contributed by atoms with van der Waals surface area (Å²) in [6.07, 6.45) is 0. The van der Waals surface area contributed by atoms with E-state index in [-0.39, 0.29) is 22.4 Å². The van der Waals surface area contributed by atoms with E-state index in [1.54, 1.807) is 37.7 Å². The maximum absolute atomic E-state index is 13.8. The third-order valence-corrected chi connectivity index (χ3v) is 5.53. The molecule has 9 heteroatoms. The van der Waals surface area contributed by atoms with Crippen molar-refractivity contribution in [1.82, 2.24) is 20.1 Å². The Morgan fingerprint density at radius 2 is 1.89 bits per heavy atom. The lowest BCUT2D eigenvalue weighted by Crippen LogP contribution is -2.31. The highest BCUT2D eigenvalue weighted by molar-refractivity contribution is 7.16. The molecule has 1 N–H and O–H groups in total. The Labute approximate surface area is 161 Å². The Balaban J connectivity index is 1.75. The van der Waals surface area contributed by atoms with Crippen LogP contribution in [0.4, 0.5) is 8.78 Å². The Morgan fingerprint density at radius 3 is 2.64 bits per heavy atom. The number of aromatic nitrogens is 3. The SMILES string of the molecule is C[C@H](c1n[nH]c(=O)c2cc(F)c(F)cc12)N(C)C(=O)c1ccc2ncsc2c1. The van der Waals surface area contributed by atoms with Gasteiger partial charge in [0.1, 0.15) is 0 Å². The molecule has 142 valence electrons. The molecule has 1 amide bonds. The molecule has 0 fully saturated rings. The van der Waals surface area contributed by atoms with E-state index in [9.17, 15) is 18.4 Å². The molecule has 4 rings (SSSR count). The summed E-state index contributed by atoms with van der Waals surface area (Å²) in [5.74, 6) is -2.48. The van der Waals surface area contributed by atoms with Crippen molar-refractivity contribution >= 4 is 38.2 Å². The molecule has 0 aliphatic carbocycles. The minimum absolute atomic E-state index is 0.0253. The molecule has 4 aromatic rings. The fourth-order valence-corrected chi connectivity index (χ4v) is 3.76. The quantitative estimate of drug-likeness (QED) is 0.569. The molecule has 6 nitrogen and oxygen atoms in total. The maximum atomic E-state index is 13.8. The van der Waals surface area contributed by atoms with Crippen LogP contribution >= 0.6 is 11.3 Å². The molecule has 2 aromatic carbocycles. The van der Waals surface area contributed by atoms with E-state index in [4.69, 9.17) is 0 Å². The Hall–Kier alpha value is -3.20. The van der Waals surface area contributed by atoms with Crippen LogP contribution in [-0.4, -0.2) is 33.0 Å². The monoisotopic (exact) mass is 400 g/mol. The zero-order valence-corrected chi connectivity index (χ0v) is 15.7. The van der Waals surface area contributed by atoms with Crippen molar-refractivity contribution in [3.8, 4) is 0 Å². The van der Waals surface area contributed by atoms with Gasteiger partial charge in [-0.3, -0.25) is 9.59 Å². The highest BCUT2D eigenvalue weighted by atomic mass is 32.1. The minimum Gasteiger partial charge on any atom is -0.333 e. The van der Waals surface area contributed by atoms with Gasteiger partial charge in [0.2, 0.25) is 0 Å².